The zero-order valence-electron chi connectivity index (χ0n) is 10.6. The zero-order chi connectivity index (χ0) is 13.8. The first-order chi connectivity index (χ1) is 8.40. The summed E-state index contributed by atoms with van der Waals surface area (Å²) in [6, 6.07) is 8.50. The molecule has 1 aromatic rings. The van der Waals surface area contributed by atoms with E-state index >= 15 is 0 Å². The Hall–Kier alpha value is -1.43. The van der Waals surface area contributed by atoms with Gasteiger partial charge in [0.1, 0.15) is 5.54 Å². The fraction of sp³-hybridized carbons (Fsp3) is 0.462. The second-order valence-electron chi connectivity index (χ2n) is 4.08. The van der Waals surface area contributed by atoms with Crippen molar-refractivity contribution in [1.29, 1.82) is 0 Å². The SMILES string of the molecule is CCOC(=O)C(O)(O)[C@@](N)(CC)c1ccccc1. The number of nitrogens with two attached hydrogens (primary N) is 1. The Balaban J connectivity index is 3.19. The van der Waals surface area contributed by atoms with E-state index in [1.54, 1.807) is 44.2 Å². The van der Waals surface area contributed by atoms with E-state index in [0.29, 0.717) is 5.56 Å². The molecule has 0 aliphatic rings. The quantitative estimate of drug-likeness (QED) is 0.524. The summed E-state index contributed by atoms with van der Waals surface area (Å²) in [6.07, 6.45) is 0.169. The van der Waals surface area contributed by atoms with Crippen molar-refractivity contribution >= 4 is 5.97 Å². The van der Waals surface area contributed by atoms with Gasteiger partial charge in [-0.1, -0.05) is 37.3 Å². The minimum absolute atomic E-state index is 0.0519. The van der Waals surface area contributed by atoms with Crippen molar-refractivity contribution in [2.24, 2.45) is 5.73 Å². The molecule has 0 saturated heterocycles. The van der Waals surface area contributed by atoms with E-state index in [2.05, 4.69) is 4.74 Å². The number of ether oxygens (including phenoxy) is 1. The number of aliphatic hydroxyl groups is 2. The number of benzene rings is 1. The predicted molar refractivity (Wildman–Crippen MR) is 66.4 cm³/mol. The minimum atomic E-state index is -2.76. The van der Waals surface area contributed by atoms with Crippen LogP contribution in [0.5, 0.6) is 0 Å². The molecule has 0 aliphatic heterocycles. The minimum Gasteiger partial charge on any atom is -0.462 e. The van der Waals surface area contributed by atoms with Crippen molar-refractivity contribution in [3.8, 4) is 0 Å². The van der Waals surface area contributed by atoms with Crippen LogP contribution in [0.4, 0.5) is 0 Å². The number of carbonyl (C=O) groups is 1. The first-order valence-electron chi connectivity index (χ1n) is 5.86. The van der Waals surface area contributed by atoms with Crippen LogP contribution >= 0.6 is 0 Å². The van der Waals surface area contributed by atoms with Crippen LogP contribution in [-0.4, -0.2) is 28.6 Å². The van der Waals surface area contributed by atoms with Gasteiger partial charge in [-0.2, -0.15) is 0 Å². The van der Waals surface area contributed by atoms with Gasteiger partial charge in [-0.3, -0.25) is 0 Å². The lowest BCUT2D eigenvalue weighted by Gasteiger charge is -2.38. The lowest BCUT2D eigenvalue weighted by molar-refractivity contribution is -0.235. The van der Waals surface area contributed by atoms with Crippen molar-refractivity contribution in [3.63, 3.8) is 0 Å². The maximum absolute atomic E-state index is 11.6. The maximum atomic E-state index is 11.6. The molecule has 4 N–H and O–H groups in total. The second-order valence-corrected chi connectivity index (χ2v) is 4.08. The lowest BCUT2D eigenvalue weighted by atomic mass is 9.80. The molecular weight excluding hydrogens is 234 g/mol. The Morgan fingerprint density at radius 1 is 1.28 bits per heavy atom. The summed E-state index contributed by atoms with van der Waals surface area (Å²) in [6.45, 7) is 3.31. The number of rotatable bonds is 5. The first-order valence-corrected chi connectivity index (χ1v) is 5.86. The molecule has 5 heteroatoms. The van der Waals surface area contributed by atoms with Gasteiger partial charge in [0.25, 0.3) is 5.79 Å². The predicted octanol–water partition coefficient (Wildman–Crippen LogP) is 0.495. The number of hydrogen-bond acceptors (Lipinski definition) is 5. The van der Waals surface area contributed by atoms with Crippen LogP contribution < -0.4 is 5.73 Å². The normalized spacial score (nSPS) is 14.9. The molecule has 0 aromatic heterocycles. The van der Waals surface area contributed by atoms with Crippen molar-refractivity contribution in [3.05, 3.63) is 35.9 Å². The van der Waals surface area contributed by atoms with Gasteiger partial charge < -0.3 is 20.7 Å². The highest BCUT2D eigenvalue weighted by molar-refractivity contribution is 5.79. The molecule has 0 bridgehead atoms. The van der Waals surface area contributed by atoms with Crippen LogP contribution in [0.2, 0.25) is 0 Å². The monoisotopic (exact) mass is 253 g/mol. The molecule has 0 heterocycles. The first kappa shape index (κ1) is 14.6. The molecular formula is C13H19NO4. The summed E-state index contributed by atoms with van der Waals surface area (Å²) in [5.41, 5.74) is 4.88. The van der Waals surface area contributed by atoms with Crippen molar-refractivity contribution in [2.45, 2.75) is 31.6 Å². The Bertz CT molecular complexity index is 405. The van der Waals surface area contributed by atoms with Crippen molar-refractivity contribution < 1.29 is 19.7 Å². The highest BCUT2D eigenvalue weighted by Gasteiger charge is 2.53. The highest BCUT2D eigenvalue weighted by atomic mass is 16.6. The van der Waals surface area contributed by atoms with Gasteiger partial charge in [0.05, 0.1) is 6.61 Å². The van der Waals surface area contributed by atoms with Gasteiger partial charge in [-0.15, -0.1) is 0 Å². The Morgan fingerprint density at radius 2 is 1.83 bits per heavy atom. The third-order valence-corrected chi connectivity index (χ3v) is 3.03. The molecule has 0 saturated carbocycles. The molecule has 0 aliphatic carbocycles. The van der Waals surface area contributed by atoms with E-state index in [4.69, 9.17) is 5.73 Å². The Kier molecular flexibility index (Phi) is 4.45. The molecule has 0 unspecified atom stereocenters. The molecule has 5 nitrogen and oxygen atoms in total. The van der Waals surface area contributed by atoms with Crippen molar-refractivity contribution in [1.82, 2.24) is 0 Å². The molecule has 0 amide bonds. The summed E-state index contributed by atoms with van der Waals surface area (Å²) >= 11 is 0. The van der Waals surface area contributed by atoms with E-state index in [9.17, 15) is 15.0 Å². The van der Waals surface area contributed by atoms with Gasteiger partial charge in [0.2, 0.25) is 0 Å². The van der Waals surface area contributed by atoms with E-state index in [-0.39, 0.29) is 13.0 Å². The van der Waals surface area contributed by atoms with Crippen LogP contribution in [0.3, 0.4) is 0 Å². The zero-order valence-corrected chi connectivity index (χ0v) is 10.6. The summed E-state index contributed by atoms with van der Waals surface area (Å²) < 4.78 is 4.66. The van der Waals surface area contributed by atoms with Crippen LogP contribution in [0, 0.1) is 0 Å². The smallest absolute Gasteiger partial charge is 0.368 e. The van der Waals surface area contributed by atoms with E-state index in [1.165, 1.54) is 0 Å². The fourth-order valence-corrected chi connectivity index (χ4v) is 1.80. The number of esters is 1. The van der Waals surface area contributed by atoms with Crippen LogP contribution in [0.25, 0.3) is 0 Å². The molecule has 1 aromatic carbocycles. The summed E-state index contributed by atoms with van der Waals surface area (Å²) in [7, 11) is 0. The molecule has 0 fully saturated rings. The number of hydrogen-bond donors (Lipinski definition) is 3. The lowest BCUT2D eigenvalue weighted by Crippen LogP contribution is -2.62. The van der Waals surface area contributed by atoms with E-state index < -0.39 is 17.3 Å². The molecule has 100 valence electrons. The molecule has 1 rings (SSSR count). The highest BCUT2D eigenvalue weighted by Crippen LogP contribution is 2.33. The van der Waals surface area contributed by atoms with Gasteiger partial charge >= 0.3 is 5.97 Å². The largest absolute Gasteiger partial charge is 0.462 e. The second kappa shape index (κ2) is 5.48. The van der Waals surface area contributed by atoms with Gasteiger partial charge in [-0.25, -0.2) is 4.79 Å². The maximum Gasteiger partial charge on any atom is 0.368 e. The summed E-state index contributed by atoms with van der Waals surface area (Å²) in [4.78, 5) is 11.6. The van der Waals surface area contributed by atoms with Crippen molar-refractivity contribution in [2.75, 3.05) is 6.61 Å². The van der Waals surface area contributed by atoms with Gasteiger partial charge in [-0.05, 0) is 18.9 Å². The van der Waals surface area contributed by atoms with Crippen LogP contribution in [0.15, 0.2) is 30.3 Å². The van der Waals surface area contributed by atoms with E-state index in [1.807, 2.05) is 0 Å². The molecule has 18 heavy (non-hydrogen) atoms. The third-order valence-electron chi connectivity index (χ3n) is 3.03. The third kappa shape index (κ3) is 2.38. The molecule has 0 spiro atoms. The fourth-order valence-electron chi connectivity index (χ4n) is 1.80. The topological polar surface area (TPSA) is 92.8 Å². The molecule has 1 atom stereocenters. The Labute approximate surface area is 106 Å². The summed E-state index contributed by atoms with van der Waals surface area (Å²) in [5.74, 6) is -3.91. The van der Waals surface area contributed by atoms with Gasteiger partial charge in [0.15, 0.2) is 0 Å². The van der Waals surface area contributed by atoms with E-state index in [0.717, 1.165) is 0 Å². The average molecular weight is 253 g/mol. The number of carbonyl (C=O) groups excluding carboxylic acids is 1. The summed E-state index contributed by atoms with van der Waals surface area (Å²) in [5, 5.41) is 20.1. The van der Waals surface area contributed by atoms with Gasteiger partial charge in [0, 0.05) is 0 Å². The van der Waals surface area contributed by atoms with Crippen LogP contribution in [-0.2, 0) is 15.1 Å². The molecule has 0 radical (unpaired) electrons. The van der Waals surface area contributed by atoms with Crippen LogP contribution in [0.1, 0.15) is 25.8 Å². The Morgan fingerprint density at radius 3 is 2.28 bits per heavy atom. The average Bonchev–Trinajstić information content (AvgIpc) is 2.38. The standard InChI is InChI=1S/C13H19NO4/c1-3-12(14,10-8-6-5-7-9-10)13(16,17)11(15)18-4-2/h5-9,16-17H,3-4,14H2,1-2H3/t12-/m1/s1.